The topological polar surface area (TPSA) is 41.0 Å². The van der Waals surface area contributed by atoms with Crippen LogP contribution in [-0.4, -0.2) is 23.6 Å². The van der Waals surface area contributed by atoms with Crippen LogP contribution < -0.4 is 10.2 Å². The van der Waals surface area contributed by atoms with Crippen molar-refractivity contribution < 1.29 is 4.39 Å². The Bertz CT molecular complexity index is 586. The smallest absolute Gasteiger partial charge is 0.146 e. The number of halogens is 1. The number of aryl methyl sites for hydroxylation is 1. The van der Waals surface area contributed by atoms with Crippen molar-refractivity contribution >= 4 is 17.3 Å². The first-order valence-corrected chi connectivity index (χ1v) is 6.69. The van der Waals surface area contributed by atoms with E-state index in [4.69, 9.17) is 0 Å². The van der Waals surface area contributed by atoms with Gasteiger partial charge in [-0.1, -0.05) is 19.1 Å². The predicted octanol–water partition coefficient (Wildman–Crippen LogP) is 3.51. The SMILES string of the molecule is CCCNc1cc(N(C)c2ccccc2F)nc(C)n1. The molecule has 0 fully saturated rings. The van der Waals surface area contributed by atoms with E-state index in [1.165, 1.54) is 6.07 Å². The third-order valence-corrected chi connectivity index (χ3v) is 2.94. The van der Waals surface area contributed by atoms with Gasteiger partial charge in [-0.15, -0.1) is 0 Å². The zero-order valence-electron chi connectivity index (χ0n) is 12.0. The summed E-state index contributed by atoms with van der Waals surface area (Å²) in [5, 5.41) is 3.22. The molecular formula is C15H19FN4. The van der Waals surface area contributed by atoms with E-state index >= 15 is 0 Å². The molecule has 0 saturated heterocycles. The van der Waals surface area contributed by atoms with E-state index in [0.29, 0.717) is 17.3 Å². The number of rotatable bonds is 5. The normalized spacial score (nSPS) is 10.4. The van der Waals surface area contributed by atoms with Crippen LogP contribution in [0.3, 0.4) is 0 Å². The fraction of sp³-hybridized carbons (Fsp3) is 0.333. The number of nitrogens with one attached hydrogen (secondary N) is 1. The van der Waals surface area contributed by atoms with Gasteiger partial charge in [-0.3, -0.25) is 0 Å². The number of hydrogen-bond donors (Lipinski definition) is 1. The molecule has 1 aromatic heterocycles. The molecule has 0 atom stereocenters. The molecule has 0 unspecified atom stereocenters. The molecular weight excluding hydrogens is 255 g/mol. The first-order chi connectivity index (χ1) is 9.61. The molecule has 0 amide bonds. The lowest BCUT2D eigenvalue weighted by Crippen LogP contribution is -2.15. The van der Waals surface area contributed by atoms with Crippen molar-refractivity contribution in [3.8, 4) is 0 Å². The van der Waals surface area contributed by atoms with E-state index in [-0.39, 0.29) is 5.82 Å². The summed E-state index contributed by atoms with van der Waals surface area (Å²) < 4.78 is 13.8. The summed E-state index contributed by atoms with van der Waals surface area (Å²) in [5.74, 6) is 1.82. The maximum absolute atomic E-state index is 13.8. The van der Waals surface area contributed by atoms with Gasteiger partial charge in [0.05, 0.1) is 5.69 Å². The molecule has 106 valence electrons. The van der Waals surface area contributed by atoms with Gasteiger partial charge in [0.15, 0.2) is 0 Å². The molecule has 1 aromatic carbocycles. The number of nitrogens with zero attached hydrogens (tertiary/aromatic N) is 3. The third kappa shape index (κ3) is 3.23. The average molecular weight is 274 g/mol. The van der Waals surface area contributed by atoms with E-state index in [0.717, 1.165) is 18.8 Å². The van der Waals surface area contributed by atoms with Gasteiger partial charge < -0.3 is 10.2 Å². The van der Waals surface area contributed by atoms with Crippen molar-refractivity contribution in [1.82, 2.24) is 9.97 Å². The minimum absolute atomic E-state index is 0.269. The van der Waals surface area contributed by atoms with Crippen LogP contribution in [0.2, 0.25) is 0 Å². The second kappa shape index (κ2) is 6.32. The summed E-state index contributed by atoms with van der Waals surface area (Å²) in [6.45, 7) is 4.77. The fourth-order valence-corrected chi connectivity index (χ4v) is 1.91. The van der Waals surface area contributed by atoms with Gasteiger partial charge in [-0.05, 0) is 25.5 Å². The number of anilines is 3. The number of hydrogen-bond acceptors (Lipinski definition) is 4. The quantitative estimate of drug-likeness (QED) is 0.905. The Kier molecular flexibility index (Phi) is 4.50. The van der Waals surface area contributed by atoms with Crippen LogP contribution in [-0.2, 0) is 0 Å². The van der Waals surface area contributed by atoms with Gasteiger partial charge in [0.25, 0.3) is 0 Å². The fourth-order valence-electron chi connectivity index (χ4n) is 1.91. The van der Waals surface area contributed by atoms with E-state index < -0.39 is 0 Å². The van der Waals surface area contributed by atoms with Crippen LogP contribution in [0.4, 0.5) is 21.7 Å². The predicted molar refractivity (Wildman–Crippen MR) is 80.0 cm³/mol. The van der Waals surface area contributed by atoms with Gasteiger partial charge in [0.2, 0.25) is 0 Å². The molecule has 20 heavy (non-hydrogen) atoms. The van der Waals surface area contributed by atoms with Crippen LogP contribution >= 0.6 is 0 Å². The van der Waals surface area contributed by atoms with Gasteiger partial charge in [-0.25, -0.2) is 14.4 Å². The lowest BCUT2D eigenvalue weighted by atomic mass is 10.3. The van der Waals surface area contributed by atoms with Crippen LogP contribution in [0, 0.1) is 12.7 Å². The first-order valence-electron chi connectivity index (χ1n) is 6.69. The maximum atomic E-state index is 13.8. The summed E-state index contributed by atoms with van der Waals surface area (Å²) >= 11 is 0. The Labute approximate surface area is 118 Å². The third-order valence-electron chi connectivity index (χ3n) is 2.94. The zero-order chi connectivity index (χ0) is 14.5. The molecule has 0 aliphatic rings. The average Bonchev–Trinajstić information content (AvgIpc) is 2.44. The van der Waals surface area contributed by atoms with Crippen LogP contribution in [0.5, 0.6) is 0 Å². The highest BCUT2D eigenvalue weighted by molar-refractivity contribution is 5.62. The Morgan fingerprint density at radius 3 is 2.70 bits per heavy atom. The minimum atomic E-state index is -0.269. The first kappa shape index (κ1) is 14.2. The van der Waals surface area contributed by atoms with E-state index in [2.05, 4.69) is 22.2 Å². The molecule has 0 spiro atoms. The van der Waals surface area contributed by atoms with E-state index in [1.54, 1.807) is 30.1 Å². The standard InChI is InChI=1S/C15H19FN4/c1-4-9-17-14-10-15(19-11(2)18-14)20(3)13-8-6-5-7-12(13)16/h5-8,10H,4,9H2,1-3H3,(H,17,18,19). The largest absolute Gasteiger partial charge is 0.370 e. The monoisotopic (exact) mass is 274 g/mol. The van der Waals surface area contributed by atoms with Crippen molar-refractivity contribution in [3.05, 3.63) is 42.0 Å². The summed E-state index contributed by atoms with van der Waals surface area (Å²) in [7, 11) is 1.80. The molecule has 4 nitrogen and oxygen atoms in total. The minimum Gasteiger partial charge on any atom is -0.370 e. The number of para-hydroxylation sites is 1. The Morgan fingerprint density at radius 1 is 1.25 bits per heavy atom. The van der Waals surface area contributed by atoms with E-state index in [1.807, 2.05) is 13.0 Å². The zero-order valence-corrected chi connectivity index (χ0v) is 12.0. The van der Waals surface area contributed by atoms with Crippen LogP contribution in [0.25, 0.3) is 0 Å². The summed E-state index contributed by atoms with van der Waals surface area (Å²) in [5.41, 5.74) is 0.493. The van der Waals surface area contributed by atoms with Gasteiger partial charge in [0, 0.05) is 19.7 Å². The number of benzene rings is 1. The summed E-state index contributed by atoms with van der Waals surface area (Å²) in [6.07, 6.45) is 1.02. The molecule has 0 saturated carbocycles. The lowest BCUT2D eigenvalue weighted by molar-refractivity contribution is 0.627. The molecule has 1 N–H and O–H groups in total. The molecule has 2 aromatic rings. The van der Waals surface area contributed by atoms with Crippen LogP contribution in [0.1, 0.15) is 19.2 Å². The molecule has 0 radical (unpaired) electrons. The number of aromatic nitrogens is 2. The van der Waals surface area contributed by atoms with Crippen LogP contribution in [0.15, 0.2) is 30.3 Å². The van der Waals surface area contributed by atoms with Crippen molar-refractivity contribution in [2.75, 3.05) is 23.8 Å². The molecule has 5 heteroatoms. The Balaban J connectivity index is 2.32. The Hall–Kier alpha value is -2.17. The van der Waals surface area contributed by atoms with Crippen molar-refractivity contribution in [1.29, 1.82) is 0 Å². The van der Waals surface area contributed by atoms with Crippen molar-refractivity contribution in [3.63, 3.8) is 0 Å². The second-order valence-electron chi connectivity index (χ2n) is 4.60. The van der Waals surface area contributed by atoms with Gasteiger partial charge in [-0.2, -0.15) is 0 Å². The second-order valence-corrected chi connectivity index (χ2v) is 4.60. The molecule has 0 aliphatic carbocycles. The van der Waals surface area contributed by atoms with Crippen molar-refractivity contribution in [2.45, 2.75) is 20.3 Å². The Morgan fingerprint density at radius 2 is 2.00 bits per heavy atom. The van der Waals surface area contributed by atoms with Gasteiger partial charge in [0.1, 0.15) is 23.3 Å². The summed E-state index contributed by atoms with van der Waals surface area (Å²) in [4.78, 5) is 10.4. The van der Waals surface area contributed by atoms with Crippen molar-refractivity contribution in [2.24, 2.45) is 0 Å². The maximum Gasteiger partial charge on any atom is 0.146 e. The molecule has 0 bridgehead atoms. The van der Waals surface area contributed by atoms with E-state index in [9.17, 15) is 4.39 Å². The lowest BCUT2D eigenvalue weighted by Gasteiger charge is -2.20. The summed E-state index contributed by atoms with van der Waals surface area (Å²) in [6, 6.07) is 8.47. The highest BCUT2D eigenvalue weighted by atomic mass is 19.1. The molecule has 2 rings (SSSR count). The highest BCUT2D eigenvalue weighted by Crippen LogP contribution is 2.25. The molecule has 1 heterocycles. The van der Waals surface area contributed by atoms with Gasteiger partial charge >= 0.3 is 0 Å². The molecule has 0 aliphatic heterocycles. The highest BCUT2D eigenvalue weighted by Gasteiger charge is 2.11.